The van der Waals surface area contributed by atoms with Crippen LogP contribution in [0.15, 0.2) is 21.1 Å². The molecule has 180 valence electrons. The molecule has 1 N–H and O–H groups in total. The summed E-state index contributed by atoms with van der Waals surface area (Å²) in [6, 6.07) is 3.73. The van der Waals surface area contributed by atoms with Crippen molar-refractivity contribution in [3.05, 3.63) is 26.6 Å². The first kappa shape index (κ1) is 26.0. The lowest BCUT2D eigenvalue weighted by Gasteiger charge is -2.40. The summed E-state index contributed by atoms with van der Waals surface area (Å²) in [4.78, 5) is 15.0. The molecule has 0 aromatic heterocycles. The van der Waals surface area contributed by atoms with E-state index >= 15 is 0 Å². The van der Waals surface area contributed by atoms with Crippen LogP contribution in [0.1, 0.15) is 52.0 Å². The van der Waals surface area contributed by atoms with E-state index < -0.39 is 10.0 Å². The monoisotopic (exact) mass is 592 g/mol. The van der Waals surface area contributed by atoms with E-state index in [4.69, 9.17) is 0 Å². The highest BCUT2D eigenvalue weighted by molar-refractivity contribution is 9.11. The van der Waals surface area contributed by atoms with Gasteiger partial charge in [-0.15, -0.1) is 0 Å². The second-order valence-electron chi connectivity index (χ2n) is 9.51. The van der Waals surface area contributed by atoms with E-state index in [-0.39, 0.29) is 22.8 Å². The number of rotatable bonds is 6. The molecule has 1 aromatic rings. The number of amides is 1. The van der Waals surface area contributed by atoms with Gasteiger partial charge in [-0.3, -0.25) is 4.79 Å². The second kappa shape index (κ2) is 10.7. The van der Waals surface area contributed by atoms with Crippen molar-refractivity contribution in [3.63, 3.8) is 0 Å². The highest BCUT2D eigenvalue weighted by Crippen LogP contribution is 2.35. The number of aromatic hydroxyl groups is 1. The highest BCUT2D eigenvalue weighted by Gasteiger charge is 2.35. The maximum atomic E-state index is 13.0. The van der Waals surface area contributed by atoms with Crippen molar-refractivity contribution in [1.82, 2.24) is 9.21 Å². The first-order chi connectivity index (χ1) is 15.0. The first-order valence-corrected chi connectivity index (χ1v) is 14.5. The number of hydrogen-bond acceptors (Lipinski definition) is 4. The molecule has 9 heteroatoms. The van der Waals surface area contributed by atoms with Crippen molar-refractivity contribution in [2.24, 2.45) is 17.8 Å². The maximum Gasteiger partial charge on any atom is 0.225 e. The van der Waals surface area contributed by atoms with Crippen LogP contribution in [0.3, 0.4) is 0 Å². The van der Waals surface area contributed by atoms with E-state index in [1.807, 2.05) is 24.0 Å². The predicted octanol–water partition coefficient (Wildman–Crippen LogP) is 4.78. The van der Waals surface area contributed by atoms with Gasteiger partial charge >= 0.3 is 0 Å². The molecule has 0 spiro atoms. The molecule has 1 amide bonds. The van der Waals surface area contributed by atoms with Crippen molar-refractivity contribution in [2.45, 2.75) is 58.1 Å². The second-order valence-corrected chi connectivity index (χ2v) is 13.7. The molecule has 0 saturated carbocycles. The predicted molar refractivity (Wildman–Crippen MR) is 134 cm³/mol. The van der Waals surface area contributed by atoms with Gasteiger partial charge in [0.15, 0.2) is 0 Å². The number of sulfonamides is 1. The van der Waals surface area contributed by atoms with E-state index in [0.717, 1.165) is 44.3 Å². The van der Waals surface area contributed by atoms with Gasteiger partial charge in [-0.2, -0.15) is 0 Å². The maximum absolute atomic E-state index is 13.0. The summed E-state index contributed by atoms with van der Waals surface area (Å²) in [5, 5.41) is 9.53. The van der Waals surface area contributed by atoms with Crippen LogP contribution in [0.2, 0.25) is 0 Å². The topological polar surface area (TPSA) is 77.9 Å². The zero-order chi connectivity index (χ0) is 23.6. The summed E-state index contributed by atoms with van der Waals surface area (Å²) >= 11 is 6.71. The quantitative estimate of drug-likeness (QED) is 0.515. The molecule has 2 saturated heterocycles. The number of nitrogens with zero attached hydrogens (tertiary/aromatic N) is 2. The molecule has 2 heterocycles. The van der Waals surface area contributed by atoms with E-state index in [2.05, 4.69) is 31.9 Å². The summed E-state index contributed by atoms with van der Waals surface area (Å²) in [5.41, 5.74) is 1.00. The molecule has 0 aliphatic carbocycles. The third-order valence-corrected chi connectivity index (χ3v) is 10.5. The number of phenolic OH excluding ortho intramolecular Hbond substituents is 1. The molecule has 0 unspecified atom stereocenters. The number of carbonyl (C=O) groups excluding carboxylic acids is 1. The summed E-state index contributed by atoms with van der Waals surface area (Å²) in [7, 11) is -3.16. The van der Waals surface area contributed by atoms with Crippen LogP contribution in [0, 0.1) is 17.8 Å². The fourth-order valence-corrected chi connectivity index (χ4v) is 7.58. The molecule has 2 fully saturated rings. The standard InChI is InChI=1S/C23H34Br2N2O4S/c1-15(2)32(30,31)27-10-6-19(7-11-27)18-4-8-26(9-5-18)23(29)16(3)12-17-13-20(24)22(28)21(25)14-17/h13-16,18-19,28H,4-12H2,1-3H3/t16-/m1/s1. The normalized spacial score (nSPS) is 20.6. The number of carbonyl (C=O) groups is 1. The lowest BCUT2D eigenvalue weighted by atomic mass is 9.79. The van der Waals surface area contributed by atoms with Gasteiger partial charge in [-0.05, 0) is 107 Å². The van der Waals surface area contributed by atoms with E-state index in [1.54, 1.807) is 18.2 Å². The highest BCUT2D eigenvalue weighted by atomic mass is 79.9. The van der Waals surface area contributed by atoms with Gasteiger partial charge in [-0.25, -0.2) is 12.7 Å². The molecule has 3 rings (SSSR count). The van der Waals surface area contributed by atoms with Crippen LogP contribution < -0.4 is 0 Å². The zero-order valence-electron chi connectivity index (χ0n) is 19.1. The van der Waals surface area contributed by atoms with Crippen LogP contribution in [0.4, 0.5) is 0 Å². The third kappa shape index (κ3) is 5.88. The number of piperidine rings is 2. The Balaban J connectivity index is 1.49. The number of likely N-dealkylation sites (tertiary alicyclic amines) is 1. The molecule has 0 radical (unpaired) electrons. The number of hydrogen-bond donors (Lipinski definition) is 1. The molecule has 32 heavy (non-hydrogen) atoms. The van der Waals surface area contributed by atoms with Crippen LogP contribution in [0.25, 0.3) is 0 Å². The average Bonchev–Trinajstić information content (AvgIpc) is 2.77. The van der Waals surface area contributed by atoms with Gasteiger partial charge in [0, 0.05) is 32.1 Å². The lowest BCUT2D eigenvalue weighted by molar-refractivity contribution is -0.136. The van der Waals surface area contributed by atoms with Gasteiger partial charge < -0.3 is 10.0 Å². The smallest absolute Gasteiger partial charge is 0.225 e. The number of benzene rings is 1. The molecule has 1 atom stereocenters. The summed E-state index contributed by atoms with van der Waals surface area (Å²) < 4.78 is 27.7. The molecule has 2 aliphatic heterocycles. The van der Waals surface area contributed by atoms with E-state index in [1.165, 1.54) is 0 Å². The minimum Gasteiger partial charge on any atom is -0.506 e. The Labute approximate surface area is 209 Å². The fourth-order valence-electron chi connectivity index (χ4n) is 4.98. The van der Waals surface area contributed by atoms with Crippen LogP contribution in [-0.2, 0) is 21.2 Å². The third-order valence-electron chi connectivity index (χ3n) is 7.01. The Morgan fingerprint density at radius 1 is 1.00 bits per heavy atom. The summed E-state index contributed by atoms with van der Waals surface area (Å²) in [5.74, 6) is 1.35. The average molecular weight is 594 g/mol. The van der Waals surface area contributed by atoms with Crippen molar-refractivity contribution in [3.8, 4) is 5.75 Å². The van der Waals surface area contributed by atoms with Crippen LogP contribution in [0.5, 0.6) is 5.75 Å². The van der Waals surface area contributed by atoms with Gasteiger partial charge in [0.05, 0.1) is 14.2 Å². The Morgan fingerprint density at radius 2 is 1.47 bits per heavy atom. The first-order valence-electron chi connectivity index (χ1n) is 11.4. The Hall–Kier alpha value is -0.640. The van der Waals surface area contributed by atoms with E-state index in [9.17, 15) is 18.3 Å². The lowest BCUT2D eigenvalue weighted by Crippen LogP contribution is -2.46. The zero-order valence-corrected chi connectivity index (χ0v) is 23.0. The van der Waals surface area contributed by atoms with Crippen molar-refractivity contribution in [2.75, 3.05) is 26.2 Å². The Bertz CT molecular complexity index is 899. The van der Waals surface area contributed by atoms with Crippen LogP contribution >= 0.6 is 31.9 Å². The van der Waals surface area contributed by atoms with Crippen molar-refractivity contribution in [1.29, 1.82) is 0 Å². The van der Waals surface area contributed by atoms with Crippen molar-refractivity contribution >= 4 is 47.8 Å². The van der Waals surface area contributed by atoms with Crippen molar-refractivity contribution < 1.29 is 18.3 Å². The molecule has 2 aliphatic rings. The molecule has 6 nitrogen and oxygen atoms in total. The van der Waals surface area contributed by atoms with Gasteiger partial charge in [0.2, 0.25) is 15.9 Å². The van der Waals surface area contributed by atoms with Gasteiger partial charge in [-0.1, -0.05) is 6.92 Å². The van der Waals surface area contributed by atoms with E-state index in [0.29, 0.717) is 40.3 Å². The minimum absolute atomic E-state index is 0.126. The van der Waals surface area contributed by atoms with Gasteiger partial charge in [0.1, 0.15) is 5.75 Å². The Kier molecular flexibility index (Phi) is 8.72. The summed E-state index contributed by atoms with van der Waals surface area (Å²) in [6.45, 7) is 8.26. The largest absolute Gasteiger partial charge is 0.506 e. The van der Waals surface area contributed by atoms with Crippen LogP contribution in [-0.4, -0.2) is 60.1 Å². The number of phenols is 1. The minimum atomic E-state index is -3.16. The molecular weight excluding hydrogens is 560 g/mol. The molecule has 1 aromatic carbocycles. The number of halogens is 2. The van der Waals surface area contributed by atoms with Gasteiger partial charge in [0.25, 0.3) is 0 Å². The Morgan fingerprint density at radius 3 is 1.94 bits per heavy atom. The SMILES string of the molecule is CC(C)S(=O)(=O)N1CCC(C2CCN(C(=O)[C@H](C)Cc3cc(Br)c(O)c(Br)c3)CC2)CC1. The summed E-state index contributed by atoms with van der Waals surface area (Å²) in [6.07, 6.45) is 4.46. The molecule has 0 bridgehead atoms. The fraction of sp³-hybridized carbons (Fsp3) is 0.696. The molecular formula is C23H34Br2N2O4S.